The van der Waals surface area contributed by atoms with Gasteiger partial charge in [-0.2, -0.15) is 0 Å². The van der Waals surface area contributed by atoms with E-state index in [0.717, 1.165) is 72.5 Å². The zero-order chi connectivity index (χ0) is 26.9. The van der Waals surface area contributed by atoms with Gasteiger partial charge in [0.2, 0.25) is 0 Å². The Morgan fingerprint density at radius 3 is 2.87 bits per heavy atom. The Labute approximate surface area is 234 Å². The third-order valence-corrected chi connectivity index (χ3v) is 8.93. The van der Waals surface area contributed by atoms with Crippen LogP contribution in [0.3, 0.4) is 0 Å². The van der Waals surface area contributed by atoms with Crippen LogP contribution in [0.2, 0.25) is 5.02 Å². The molecule has 0 radical (unpaired) electrons. The van der Waals surface area contributed by atoms with Gasteiger partial charge in [-0.05, 0) is 48.2 Å². The first kappa shape index (κ1) is 26.3. The van der Waals surface area contributed by atoms with Crippen LogP contribution in [0, 0.1) is 5.82 Å². The molecule has 0 saturated carbocycles. The van der Waals surface area contributed by atoms with Crippen molar-refractivity contribution in [2.75, 3.05) is 19.7 Å². The molecule has 7 nitrogen and oxygen atoms in total. The van der Waals surface area contributed by atoms with E-state index in [9.17, 15) is 14.3 Å². The molecule has 6 rings (SSSR count). The number of thiol groups is 1. The van der Waals surface area contributed by atoms with Crippen molar-refractivity contribution in [1.29, 1.82) is 0 Å². The van der Waals surface area contributed by atoms with Gasteiger partial charge in [0.25, 0.3) is 0 Å². The number of fused-ring (bicyclic) bond motifs is 1. The molecule has 0 amide bonds. The molecule has 3 aliphatic rings. The van der Waals surface area contributed by atoms with Crippen LogP contribution in [0.5, 0.6) is 5.75 Å². The number of benzene rings is 2. The highest BCUT2D eigenvalue weighted by molar-refractivity contribution is 8.00. The van der Waals surface area contributed by atoms with Gasteiger partial charge in [-0.25, -0.2) is 14.2 Å². The Balaban J connectivity index is 1.12. The van der Waals surface area contributed by atoms with Gasteiger partial charge in [0.15, 0.2) is 0 Å². The summed E-state index contributed by atoms with van der Waals surface area (Å²) in [4.78, 5) is 19.2. The fourth-order valence-electron chi connectivity index (χ4n) is 5.08. The van der Waals surface area contributed by atoms with Gasteiger partial charge in [0.05, 0.1) is 34.8 Å². The lowest BCUT2D eigenvalue weighted by atomic mass is 9.99. The minimum atomic E-state index is -0.844. The van der Waals surface area contributed by atoms with Crippen molar-refractivity contribution in [3.05, 3.63) is 82.0 Å². The molecule has 10 heteroatoms. The van der Waals surface area contributed by atoms with Crippen molar-refractivity contribution >= 4 is 39.4 Å². The number of hydrogen-bond acceptors (Lipinski definition) is 5. The molecule has 1 N–H and O–H groups in total. The molecular formula is C29H29ClFN3O4S. The van der Waals surface area contributed by atoms with E-state index in [1.807, 2.05) is 18.2 Å². The van der Waals surface area contributed by atoms with E-state index in [0.29, 0.717) is 34.2 Å². The van der Waals surface area contributed by atoms with E-state index in [4.69, 9.17) is 26.1 Å². The van der Waals surface area contributed by atoms with Crippen LogP contribution in [0.15, 0.2) is 53.6 Å². The molecule has 0 bridgehead atoms. The van der Waals surface area contributed by atoms with Crippen molar-refractivity contribution in [2.45, 2.75) is 50.1 Å². The maximum Gasteiger partial charge on any atom is 0.337 e. The summed E-state index contributed by atoms with van der Waals surface area (Å²) in [5.74, 6) is 0.452. The second-order valence-electron chi connectivity index (χ2n) is 10.00. The first-order valence-electron chi connectivity index (χ1n) is 13.0. The van der Waals surface area contributed by atoms with E-state index in [-0.39, 0.29) is 18.5 Å². The van der Waals surface area contributed by atoms with Crippen LogP contribution < -0.4 is 4.74 Å². The lowest BCUT2D eigenvalue weighted by Crippen LogP contribution is -2.34. The number of carboxylic acids is 1. The van der Waals surface area contributed by atoms with Crippen molar-refractivity contribution in [3.8, 4) is 5.75 Å². The third-order valence-electron chi connectivity index (χ3n) is 7.36. The van der Waals surface area contributed by atoms with Gasteiger partial charge in [0.1, 0.15) is 24.0 Å². The van der Waals surface area contributed by atoms with Crippen LogP contribution in [0.1, 0.15) is 35.5 Å². The molecule has 4 heterocycles. The molecule has 1 unspecified atom stereocenters. The Morgan fingerprint density at radius 2 is 2.15 bits per heavy atom. The number of hydrogen-bond donors (Lipinski definition) is 2. The molecule has 1 atom stereocenters. The lowest BCUT2D eigenvalue weighted by Gasteiger charge is -2.29. The highest BCUT2D eigenvalue weighted by Crippen LogP contribution is 2.31. The highest BCUT2D eigenvalue weighted by Gasteiger charge is 2.29. The minimum absolute atomic E-state index is 0.132. The fraction of sp³-hybridized carbons (Fsp3) is 0.345. The molecule has 0 spiro atoms. The molecule has 3 aromatic rings. The van der Waals surface area contributed by atoms with E-state index in [2.05, 4.69) is 21.6 Å². The molecule has 2 aromatic carbocycles. The normalized spacial score (nSPS) is 19.0. The molecule has 1 aromatic heterocycles. The maximum absolute atomic E-state index is 14.1. The summed E-state index contributed by atoms with van der Waals surface area (Å²) in [5.41, 5.74) is 3.69. The smallest absolute Gasteiger partial charge is 0.337 e. The quantitative estimate of drug-likeness (QED) is 0.280. The summed E-state index contributed by atoms with van der Waals surface area (Å²) in [5, 5.41) is 10.8. The Hall–Kier alpha value is -2.98. The third kappa shape index (κ3) is 5.82. The number of rotatable bonds is 9. The number of carboxylic acid groups (broad SMARTS) is 1. The first-order chi connectivity index (χ1) is 18.9. The number of halogens is 2. The summed E-state index contributed by atoms with van der Waals surface area (Å²) in [6.45, 7) is 4.01. The summed E-state index contributed by atoms with van der Waals surface area (Å²) >= 11 is 6.59. The van der Waals surface area contributed by atoms with Gasteiger partial charge in [-0.15, -0.1) is 11.4 Å². The fourth-order valence-corrected chi connectivity index (χ4v) is 6.40. The van der Waals surface area contributed by atoms with Crippen LogP contribution in [0.4, 0.5) is 4.39 Å². The van der Waals surface area contributed by atoms with Crippen molar-refractivity contribution in [2.24, 2.45) is 0 Å². The predicted molar refractivity (Wildman–Crippen MR) is 150 cm³/mol. The molecule has 204 valence electrons. The number of aliphatic carboxylic acids is 1. The van der Waals surface area contributed by atoms with Crippen molar-refractivity contribution < 1.29 is 23.8 Å². The summed E-state index contributed by atoms with van der Waals surface area (Å²) in [6, 6.07) is 12.5. The number of ether oxygens (including phenoxy) is 2. The highest BCUT2D eigenvalue weighted by atomic mass is 35.5. The number of imidazole rings is 1. The average molecular weight is 570 g/mol. The molecular weight excluding hydrogens is 541 g/mol. The molecule has 1 saturated heterocycles. The number of nitrogens with zero attached hydrogens (tertiary/aromatic N) is 3. The topological polar surface area (TPSA) is 76.8 Å². The molecule has 39 heavy (non-hydrogen) atoms. The summed E-state index contributed by atoms with van der Waals surface area (Å²) in [7, 11) is 0. The average Bonchev–Trinajstić information content (AvgIpc) is 3.45. The Bertz CT molecular complexity index is 1480. The Morgan fingerprint density at radius 1 is 1.28 bits per heavy atom. The summed E-state index contributed by atoms with van der Waals surface area (Å²) < 4.78 is 27.9. The van der Waals surface area contributed by atoms with Crippen molar-refractivity contribution in [1.82, 2.24) is 14.5 Å². The van der Waals surface area contributed by atoms with Gasteiger partial charge >= 0.3 is 5.97 Å². The lowest BCUT2D eigenvalue weighted by molar-refractivity contribution is -0.129. The second-order valence-corrected chi connectivity index (χ2v) is 11.6. The van der Waals surface area contributed by atoms with Crippen LogP contribution in [-0.2, 0) is 35.6 Å². The molecule has 0 aliphatic carbocycles. The van der Waals surface area contributed by atoms with Gasteiger partial charge in [0, 0.05) is 36.7 Å². The summed E-state index contributed by atoms with van der Waals surface area (Å²) in [6.07, 6.45) is 4.73. The van der Waals surface area contributed by atoms with Crippen LogP contribution in [0.25, 0.3) is 5.57 Å². The zero-order valence-electron chi connectivity index (χ0n) is 21.3. The van der Waals surface area contributed by atoms with E-state index in [1.165, 1.54) is 11.6 Å². The van der Waals surface area contributed by atoms with E-state index in [1.54, 1.807) is 12.1 Å². The van der Waals surface area contributed by atoms with Gasteiger partial charge in [-0.3, -0.25) is 4.90 Å². The number of carbonyl (C=O) groups is 1. The minimum Gasteiger partial charge on any atom is -0.489 e. The SMILES string of the molecule is O=C(O)C1=[SH]c2c(nc(CN3CC=C(c4cccc(OCc5ccc(Cl)cc5F)c4)CC3)n2CC2CCO2)C1. The van der Waals surface area contributed by atoms with Crippen LogP contribution in [-0.4, -0.2) is 56.2 Å². The monoisotopic (exact) mass is 569 g/mol. The predicted octanol–water partition coefficient (Wildman–Crippen LogP) is 4.97. The molecule has 1 fully saturated rings. The van der Waals surface area contributed by atoms with Crippen molar-refractivity contribution in [3.63, 3.8) is 0 Å². The molecule has 3 aliphatic heterocycles. The van der Waals surface area contributed by atoms with Gasteiger partial charge < -0.3 is 19.1 Å². The van der Waals surface area contributed by atoms with E-state index >= 15 is 0 Å². The first-order valence-corrected chi connectivity index (χ1v) is 14.3. The van der Waals surface area contributed by atoms with E-state index < -0.39 is 5.97 Å². The number of aromatic nitrogens is 2. The van der Waals surface area contributed by atoms with Crippen LogP contribution >= 0.6 is 23.0 Å². The zero-order valence-corrected chi connectivity index (χ0v) is 22.9. The standard InChI is InChI=1S/C29H29ClFN3O4S/c30-21-5-4-20(24(31)13-21)17-38-22-3-1-2-19(12-22)18-6-9-33(10-7-18)16-27-32-25-14-26(29(35)36)39-28(25)34(27)15-23-8-11-37-23/h1-6,12-13,23,39H,7-11,14-17H2,(H,35,36). The Kier molecular flexibility index (Phi) is 7.57. The second kappa shape index (κ2) is 11.3. The maximum atomic E-state index is 14.1. The van der Waals surface area contributed by atoms with Gasteiger partial charge in [-0.1, -0.05) is 35.9 Å². The largest absolute Gasteiger partial charge is 0.489 e.